The monoisotopic (exact) mass is 385 g/mol. The third kappa shape index (κ3) is 5.99. The van der Waals surface area contributed by atoms with E-state index >= 15 is 0 Å². The van der Waals surface area contributed by atoms with Crippen LogP contribution in [-0.2, 0) is 11.2 Å². The van der Waals surface area contributed by atoms with Crippen LogP contribution in [0.1, 0.15) is 44.4 Å². The van der Waals surface area contributed by atoms with E-state index in [0.717, 1.165) is 12.8 Å². The average molecular weight is 386 g/mol. The molecule has 0 spiro atoms. The fourth-order valence-corrected chi connectivity index (χ4v) is 3.34. The SMILES string of the molecule is CCCc1ccc([C@H]([NH2+]CC(=O)Nc2cc(OC)ccc2OC)C(C)C)cc1. The molecule has 152 valence electrons. The molecule has 0 aliphatic rings. The van der Waals surface area contributed by atoms with E-state index in [2.05, 4.69) is 55.7 Å². The number of amides is 1. The summed E-state index contributed by atoms with van der Waals surface area (Å²) in [5, 5.41) is 5.03. The van der Waals surface area contributed by atoms with E-state index in [0.29, 0.717) is 29.6 Å². The zero-order valence-electron chi connectivity index (χ0n) is 17.6. The number of ether oxygens (including phenoxy) is 2. The van der Waals surface area contributed by atoms with Crippen molar-refractivity contribution in [1.82, 2.24) is 0 Å². The summed E-state index contributed by atoms with van der Waals surface area (Å²) >= 11 is 0. The highest BCUT2D eigenvalue weighted by atomic mass is 16.5. The van der Waals surface area contributed by atoms with Crippen LogP contribution >= 0.6 is 0 Å². The summed E-state index contributed by atoms with van der Waals surface area (Å²) in [5.74, 6) is 1.63. The lowest BCUT2D eigenvalue weighted by Gasteiger charge is -2.20. The summed E-state index contributed by atoms with van der Waals surface area (Å²) in [5.41, 5.74) is 3.23. The summed E-state index contributed by atoms with van der Waals surface area (Å²) in [7, 11) is 3.18. The Labute approximate surface area is 168 Å². The van der Waals surface area contributed by atoms with Gasteiger partial charge < -0.3 is 20.1 Å². The van der Waals surface area contributed by atoms with E-state index in [1.54, 1.807) is 32.4 Å². The van der Waals surface area contributed by atoms with Gasteiger partial charge in [0.05, 0.1) is 19.9 Å². The van der Waals surface area contributed by atoms with Crippen LogP contribution in [0.25, 0.3) is 0 Å². The first-order valence-electron chi connectivity index (χ1n) is 9.92. The third-order valence-corrected chi connectivity index (χ3v) is 4.86. The van der Waals surface area contributed by atoms with Crippen molar-refractivity contribution in [2.24, 2.45) is 5.92 Å². The van der Waals surface area contributed by atoms with Crippen LogP contribution in [-0.4, -0.2) is 26.7 Å². The molecule has 0 bridgehead atoms. The predicted molar refractivity (Wildman–Crippen MR) is 113 cm³/mol. The number of benzene rings is 2. The molecule has 5 heteroatoms. The number of nitrogens with two attached hydrogens (primary N) is 1. The maximum atomic E-state index is 12.5. The van der Waals surface area contributed by atoms with Gasteiger partial charge in [0.25, 0.3) is 5.91 Å². The Hall–Kier alpha value is -2.53. The number of anilines is 1. The standard InChI is InChI=1S/C23H32N2O3/c1-6-7-17-8-10-18(11-9-17)23(16(2)3)24-15-22(26)25-20-14-19(27-4)12-13-21(20)28-5/h8-14,16,23-24H,6-7,15H2,1-5H3,(H,25,26)/p+1/t23-/m1/s1. The molecular weight excluding hydrogens is 352 g/mol. The first-order valence-corrected chi connectivity index (χ1v) is 9.92. The highest BCUT2D eigenvalue weighted by molar-refractivity contribution is 5.93. The lowest BCUT2D eigenvalue weighted by Crippen LogP contribution is -2.88. The van der Waals surface area contributed by atoms with Crippen LogP contribution < -0.4 is 20.1 Å². The van der Waals surface area contributed by atoms with Gasteiger partial charge in [-0.1, -0.05) is 51.5 Å². The summed E-state index contributed by atoms with van der Waals surface area (Å²) in [4.78, 5) is 12.5. The fourth-order valence-electron chi connectivity index (χ4n) is 3.34. The van der Waals surface area contributed by atoms with Crippen molar-refractivity contribution in [1.29, 1.82) is 0 Å². The number of nitrogens with one attached hydrogen (secondary N) is 1. The number of quaternary nitrogens is 1. The van der Waals surface area contributed by atoms with Crippen LogP contribution in [0, 0.1) is 5.92 Å². The van der Waals surface area contributed by atoms with Gasteiger partial charge in [-0.05, 0) is 24.1 Å². The zero-order valence-corrected chi connectivity index (χ0v) is 17.6. The van der Waals surface area contributed by atoms with Crippen molar-refractivity contribution in [2.45, 2.75) is 39.7 Å². The number of rotatable bonds is 10. The molecule has 0 saturated heterocycles. The summed E-state index contributed by atoms with van der Waals surface area (Å²) in [6.45, 7) is 6.89. The first kappa shape index (κ1) is 21.8. The molecule has 2 aromatic carbocycles. The molecule has 3 N–H and O–H groups in total. The number of hydrogen-bond donors (Lipinski definition) is 2. The van der Waals surface area contributed by atoms with E-state index < -0.39 is 0 Å². The normalized spacial score (nSPS) is 11.9. The Balaban J connectivity index is 2.02. The first-order chi connectivity index (χ1) is 13.5. The number of carbonyl (C=O) groups excluding carboxylic acids is 1. The van der Waals surface area contributed by atoms with Crippen LogP contribution in [0.5, 0.6) is 11.5 Å². The molecule has 5 nitrogen and oxygen atoms in total. The molecule has 0 heterocycles. The van der Waals surface area contributed by atoms with Gasteiger partial charge in [-0.2, -0.15) is 0 Å². The predicted octanol–water partition coefficient (Wildman–Crippen LogP) is 3.56. The van der Waals surface area contributed by atoms with E-state index in [4.69, 9.17) is 9.47 Å². The van der Waals surface area contributed by atoms with E-state index in [9.17, 15) is 4.79 Å². The highest BCUT2D eigenvalue weighted by Crippen LogP contribution is 2.28. The van der Waals surface area contributed by atoms with Crippen molar-refractivity contribution >= 4 is 11.6 Å². The van der Waals surface area contributed by atoms with E-state index in [1.807, 2.05) is 0 Å². The van der Waals surface area contributed by atoms with Gasteiger partial charge in [-0.15, -0.1) is 0 Å². The van der Waals surface area contributed by atoms with Crippen LogP contribution in [0.4, 0.5) is 5.69 Å². The Bertz CT molecular complexity index is 757. The third-order valence-electron chi connectivity index (χ3n) is 4.86. The molecule has 0 fully saturated rings. The lowest BCUT2D eigenvalue weighted by molar-refractivity contribution is -0.692. The maximum absolute atomic E-state index is 12.5. The minimum Gasteiger partial charge on any atom is -0.497 e. The van der Waals surface area contributed by atoms with Gasteiger partial charge in [0.2, 0.25) is 0 Å². The number of aryl methyl sites for hydroxylation is 1. The van der Waals surface area contributed by atoms with Crippen molar-refractivity contribution in [3.8, 4) is 11.5 Å². The Morgan fingerprint density at radius 2 is 1.79 bits per heavy atom. The number of methoxy groups -OCH3 is 2. The minimum absolute atomic E-state index is 0.0696. The molecule has 1 atom stereocenters. The van der Waals surface area contributed by atoms with Crippen LogP contribution in [0.3, 0.4) is 0 Å². The molecule has 0 aromatic heterocycles. The zero-order chi connectivity index (χ0) is 20.5. The van der Waals surface area contributed by atoms with Crippen molar-refractivity contribution in [3.63, 3.8) is 0 Å². The lowest BCUT2D eigenvalue weighted by atomic mass is 9.94. The van der Waals surface area contributed by atoms with Gasteiger partial charge in [0, 0.05) is 17.5 Å². The molecule has 0 saturated carbocycles. The smallest absolute Gasteiger partial charge is 0.279 e. The van der Waals surface area contributed by atoms with Crippen molar-refractivity contribution < 1.29 is 19.6 Å². The minimum atomic E-state index is -0.0696. The van der Waals surface area contributed by atoms with Crippen LogP contribution in [0.15, 0.2) is 42.5 Å². The second-order valence-electron chi connectivity index (χ2n) is 7.32. The number of hydrogen-bond acceptors (Lipinski definition) is 3. The molecule has 0 unspecified atom stereocenters. The second kappa shape index (κ2) is 10.7. The molecule has 2 rings (SSSR count). The van der Waals surface area contributed by atoms with Gasteiger partial charge >= 0.3 is 0 Å². The average Bonchev–Trinajstić information content (AvgIpc) is 2.69. The van der Waals surface area contributed by atoms with E-state index in [1.165, 1.54) is 11.1 Å². The summed E-state index contributed by atoms with van der Waals surface area (Å²) < 4.78 is 10.6. The number of carbonyl (C=O) groups is 1. The van der Waals surface area contributed by atoms with Gasteiger partial charge in [-0.3, -0.25) is 4.79 Å². The molecule has 0 aliphatic carbocycles. The summed E-state index contributed by atoms with van der Waals surface area (Å²) in [6, 6.07) is 14.4. The largest absolute Gasteiger partial charge is 0.497 e. The van der Waals surface area contributed by atoms with Gasteiger partial charge in [-0.25, -0.2) is 0 Å². The van der Waals surface area contributed by atoms with E-state index in [-0.39, 0.29) is 11.9 Å². The van der Waals surface area contributed by atoms with Crippen molar-refractivity contribution in [3.05, 3.63) is 53.6 Å². The Morgan fingerprint density at radius 1 is 1.07 bits per heavy atom. The van der Waals surface area contributed by atoms with Crippen LogP contribution in [0.2, 0.25) is 0 Å². The Kier molecular flexibility index (Phi) is 8.33. The molecule has 0 aliphatic heterocycles. The Morgan fingerprint density at radius 3 is 2.36 bits per heavy atom. The fraction of sp³-hybridized carbons (Fsp3) is 0.435. The maximum Gasteiger partial charge on any atom is 0.279 e. The second-order valence-corrected chi connectivity index (χ2v) is 7.32. The highest BCUT2D eigenvalue weighted by Gasteiger charge is 2.21. The molecule has 1 amide bonds. The molecule has 0 radical (unpaired) electrons. The summed E-state index contributed by atoms with van der Waals surface area (Å²) in [6.07, 6.45) is 2.24. The topological polar surface area (TPSA) is 64.2 Å². The molecule has 2 aromatic rings. The van der Waals surface area contributed by atoms with Crippen molar-refractivity contribution in [2.75, 3.05) is 26.1 Å². The molecular formula is C23H33N2O3+. The quantitative estimate of drug-likeness (QED) is 0.657. The van der Waals surface area contributed by atoms with Gasteiger partial charge in [0.1, 0.15) is 17.5 Å². The van der Waals surface area contributed by atoms with Gasteiger partial charge in [0.15, 0.2) is 6.54 Å². The molecule has 28 heavy (non-hydrogen) atoms.